The molecule has 2 aliphatic heterocycles. The molecule has 6 heteroatoms. The highest BCUT2D eigenvalue weighted by molar-refractivity contribution is 5.52. The lowest BCUT2D eigenvalue weighted by molar-refractivity contribution is -0.237. The van der Waals surface area contributed by atoms with Gasteiger partial charge in [-0.3, -0.25) is 9.36 Å². The first kappa shape index (κ1) is 21.2. The lowest BCUT2D eigenvalue weighted by Gasteiger charge is -2.46. The van der Waals surface area contributed by atoms with Crippen LogP contribution >= 0.6 is 0 Å². The minimum absolute atomic E-state index is 0.184. The van der Waals surface area contributed by atoms with Gasteiger partial charge in [-0.1, -0.05) is 24.3 Å². The zero-order valence-corrected chi connectivity index (χ0v) is 19.3. The number of aryl methyl sites for hydroxylation is 1. The Morgan fingerprint density at radius 3 is 2.54 bits per heavy atom. The fraction of sp³-hybridized carbons (Fsp3) is 0.172. The molecule has 3 heterocycles. The number of ether oxygens (including phenoxy) is 3. The highest BCUT2D eigenvalue weighted by Gasteiger charge is 2.50. The minimum Gasteiger partial charge on any atom is -0.497 e. The van der Waals surface area contributed by atoms with E-state index in [1.54, 1.807) is 17.7 Å². The SMILES string of the molecule is COc1ccc([C@]23Cc4cc(C#N)ccc4C(O2)c2c(cc(C)n(-c4ccccc4)c2=O)O3)cc1. The third-order valence-corrected chi connectivity index (χ3v) is 6.76. The van der Waals surface area contributed by atoms with Crippen molar-refractivity contribution in [1.82, 2.24) is 4.57 Å². The summed E-state index contributed by atoms with van der Waals surface area (Å²) in [6, 6.07) is 26.7. The van der Waals surface area contributed by atoms with Gasteiger partial charge in [0.25, 0.3) is 5.56 Å². The van der Waals surface area contributed by atoms with E-state index in [0.29, 0.717) is 23.3 Å². The van der Waals surface area contributed by atoms with Crippen LogP contribution in [-0.2, 0) is 16.9 Å². The lowest BCUT2D eigenvalue weighted by Crippen LogP contribution is -2.48. The molecule has 0 aliphatic carbocycles. The molecule has 6 nitrogen and oxygen atoms in total. The van der Waals surface area contributed by atoms with Gasteiger partial charge in [-0.25, -0.2) is 0 Å². The number of para-hydroxylation sites is 1. The Bertz CT molecular complexity index is 1550. The molecule has 3 aromatic carbocycles. The van der Waals surface area contributed by atoms with Gasteiger partial charge < -0.3 is 14.2 Å². The summed E-state index contributed by atoms with van der Waals surface area (Å²) >= 11 is 0. The second kappa shape index (κ2) is 7.86. The molecular weight excluding hydrogens is 440 g/mol. The molecule has 0 fully saturated rings. The zero-order chi connectivity index (χ0) is 24.2. The number of rotatable bonds is 3. The van der Waals surface area contributed by atoms with Gasteiger partial charge in [-0.15, -0.1) is 0 Å². The fourth-order valence-corrected chi connectivity index (χ4v) is 5.10. The maximum atomic E-state index is 13.9. The Morgan fingerprint density at radius 1 is 1.06 bits per heavy atom. The third-order valence-electron chi connectivity index (χ3n) is 6.76. The Morgan fingerprint density at radius 2 is 1.83 bits per heavy atom. The average molecular weight is 463 g/mol. The number of hydrogen-bond acceptors (Lipinski definition) is 5. The van der Waals surface area contributed by atoms with Crippen molar-refractivity contribution in [2.24, 2.45) is 0 Å². The molecule has 1 unspecified atom stereocenters. The highest BCUT2D eigenvalue weighted by atomic mass is 16.7. The van der Waals surface area contributed by atoms with E-state index in [1.165, 1.54) is 0 Å². The molecular formula is C29H22N2O4. The Hall–Kier alpha value is -4.34. The Labute approximate surface area is 202 Å². The van der Waals surface area contributed by atoms with Crippen LogP contribution in [0.3, 0.4) is 0 Å². The maximum absolute atomic E-state index is 13.9. The summed E-state index contributed by atoms with van der Waals surface area (Å²) in [6.07, 6.45) is -0.235. The summed E-state index contributed by atoms with van der Waals surface area (Å²) in [7, 11) is 1.62. The molecule has 0 saturated carbocycles. The van der Waals surface area contributed by atoms with E-state index in [2.05, 4.69) is 6.07 Å². The van der Waals surface area contributed by atoms with Crippen molar-refractivity contribution in [3.63, 3.8) is 0 Å². The van der Waals surface area contributed by atoms with Gasteiger partial charge in [0, 0.05) is 29.4 Å². The van der Waals surface area contributed by atoms with Crippen LogP contribution in [0.1, 0.15) is 39.6 Å². The van der Waals surface area contributed by atoms with Crippen LogP contribution in [-0.4, -0.2) is 11.7 Å². The van der Waals surface area contributed by atoms with Crippen molar-refractivity contribution in [3.05, 3.63) is 123 Å². The molecule has 0 spiro atoms. The monoisotopic (exact) mass is 462 g/mol. The van der Waals surface area contributed by atoms with Crippen LogP contribution in [0.4, 0.5) is 0 Å². The minimum atomic E-state index is -1.14. The quantitative estimate of drug-likeness (QED) is 0.432. The summed E-state index contributed by atoms with van der Waals surface area (Å²) in [4.78, 5) is 13.9. The van der Waals surface area contributed by atoms with E-state index in [0.717, 1.165) is 33.8 Å². The first-order valence-electron chi connectivity index (χ1n) is 11.4. The third kappa shape index (κ3) is 3.24. The van der Waals surface area contributed by atoms with Crippen molar-refractivity contribution in [2.75, 3.05) is 7.11 Å². The molecule has 0 radical (unpaired) electrons. The van der Waals surface area contributed by atoms with Crippen molar-refractivity contribution in [1.29, 1.82) is 5.26 Å². The first-order chi connectivity index (χ1) is 17.0. The number of hydrogen-bond donors (Lipinski definition) is 0. The van der Waals surface area contributed by atoms with Crippen LogP contribution in [0.5, 0.6) is 11.5 Å². The predicted molar refractivity (Wildman–Crippen MR) is 130 cm³/mol. The van der Waals surface area contributed by atoms with Gasteiger partial charge in [0.2, 0.25) is 5.79 Å². The topological polar surface area (TPSA) is 73.5 Å². The first-order valence-corrected chi connectivity index (χ1v) is 11.4. The van der Waals surface area contributed by atoms with Gasteiger partial charge in [-0.05, 0) is 66.6 Å². The smallest absolute Gasteiger partial charge is 0.265 e. The molecule has 0 saturated heterocycles. The molecule has 2 atom stereocenters. The number of methoxy groups -OCH3 is 1. The van der Waals surface area contributed by atoms with Gasteiger partial charge >= 0.3 is 0 Å². The molecule has 0 N–H and O–H groups in total. The molecule has 2 aliphatic rings. The van der Waals surface area contributed by atoms with Crippen LogP contribution in [0, 0.1) is 18.3 Å². The number of aromatic nitrogens is 1. The standard InChI is InChI=1S/C29H22N2O4/c1-18-14-25-26(28(32)31(18)22-6-4-3-5-7-22)27-24-13-8-19(17-30)15-20(24)16-29(34-25,35-27)21-9-11-23(33-2)12-10-21/h3-15,27H,16H2,1-2H3/t27?,29-/m0/s1. The Balaban J connectivity index is 1.60. The normalized spacial score (nSPS) is 19.6. The summed E-state index contributed by atoms with van der Waals surface area (Å²) in [5.74, 6) is 0.104. The van der Waals surface area contributed by atoms with E-state index >= 15 is 0 Å². The van der Waals surface area contributed by atoms with Crippen molar-refractivity contribution in [2.45, 2.75) is 25.2 Å². The summed E-state index contributed by atoms with van der Waals surface area (Å²) in [6.45, 7) is 1.90. The van der Waals surface area contributed by atoms with E-state index < -0.39 is 11.9 Å². The fourth-order valence-electron chi connectivity index (χ4n) is 5.10. The largest absolute Gasteiger partial charge is 0.497 e. The van der Waals surface area contributed by atoms with Gasteiger partial charge in [0.1, 0.15) is 17.6 Å². The van der Waals surface area contributed by atoms with Gasteiger partial charge in [-0.2, -0.15) is 5.26 Å². The molecule has 4 aromatic rings. The van der Waals surface area contributed by atoms with E-state index in [-0.39, 0.29) is 5.56 Å². The lowest BCUT2D eigenvalue weighted by atomic mass is 9.84. The van der Waals surface area contributed by atoms with Crippen LogP contribution in [0.25, 0.3) is 5.69 Å². The highest BCUT2D eigenvalue weighted by Crippen LogP contribution is 2.51. The molecule has 172 valence electrons. The van der Waals surface area contributed by atoms with Crippen LogP contribution in [0.15, 0.2) is 83.7 Å². The van der Waals surface area contributed by atoms with E-state index in [1.807, 2.05) is 79.7 Å². The van der Waals surface area contributed by atoms with Gasteiger partial charge in [0.05, 0.1) is 24.3 Å². The van der Waals surface area contributed by atoms with Gasteiger partial charge in [0.15, 0.2) is 0 Å². The van der Waals surface area contributed by atoms with Crippen LogP contribution in [0.2, 0.25) is 0 Å². The predicted octanol–water partition coefficient (Wildman–Crippen LogP) is 4.93. The molecule has 6 rings (SSSR count). The van der Waals surface area contributed by atoms with Crippen molar-refractivity contribution >= 4 is 0 Å². The summed E-state index contributed by atoms with van der Waals surface area (Å²) in [5, 5.41) is 9.50. The molecule has 0 amide bonds. The second-order valence-corrected chi connectivity index (χ2v) is 8.82. The summed E-state index contributed by atoms with van der Waals surface area (Å²) < 4.78 is 20.2. The zero-order valence-electron chi connectivity index (χ0n) is 19.3. The van der Waals surface area contributed by atoms with E-state index in [4.69, 9.17) is 14.2 Å². The maximum Gasteiger partial charge on any atom is 0.265 e. The van der Waals surface area contributed by atoms with E-state index in [9.17, 15) is 10.1 Å². The Kier molecular flexibility index (Phi) is 4.77. The van der Waals surface area contributed by atoms with Crippen molar-refractivity contribution in [3.8, 4) is 23.3 Å². The summed E-state index contributed by atoms with van der Waals surface area (Å²) in [5.41, 5.74) is 4.98. The van der Waals surface area contributed by atoms with Crippen LogP contribution < -0.4 is 15.0 Å². The van der Waals surface area contributed by atoms with Crippen molar-refractivity contribution < 1.29 is 14.2 Å². The number of benzene rings is 3. The number of nitrogens with zero attached hydrogens (tertiary/aromatic N) is 2. The molecule has 35 heavy (non-hydrogen) atoms. The second-order valence-electron chi connectivity index (χ2n) is 8.82. The number of fused-ring (bicyclic) bond motifs is 6. The molecule has 1 aromatic heterocycles. The average Bonchev–Trinajstić information content (AvgIpc) is 2.88. The number of pyridine rings is 1. The number of nitriles is 1. The molecule has 2 bridgehead atoms.